The van der Waals surface area contributed by atoms with Crippen LogP contribution in [0.3, 0.4) is 0 Å². The van der Waals surface area contributed by atoms with Gasteiger partial charge in [-0.15, -0.1) is 0 Å². The lowest BCUT2D eigenvalue weighted by molar-refractivity contribution is -0.130. The van der Waals surface area contributed by atoms with Crippen LogP contribution in [0.4, 0.5) is 54.8 Å². The molecule has 0 spiro atoms. The van der Waals surface area contributed by atoms with Gasteiger partial charge in [-0.3, -0.25) is 52.0 Å². The molecule has 3 saturated heterocycles. The highest BCUT2D eigenvalue weighted by molar-refractivity contribution is 5.91. The quantitative estimate of drug-likeness (QED) is 0.106. The molecule has 35 heteroatoms. The molecule has 4 atom stereocenters. The number of halogens is 2. The number of carbonyl (C=O) groups excluding carboxylic acids is 4. The molecule has 4 aromatic carbocycles. The maximum absolute atomic E-state index is 13.5. The summed E-state index contributed by atoms with van der Waals surface area (Å²) in [6.45, 7) is 20.5. The highest BCUT2D eigenvalue weighted by Crippen LogP contribution is 2.50. The predicted molar refractivity (Wildman–Crippen MR) is 489 cm³/mol. The number of carboxylic acids is 1. The van der Waals surface area contributed by atoms with Crippen molar-refractivity contribution in [3.63, 3.8) is 0 Å². The molecule has 132 heavy (non-hydrogen) atoms. The first-order valence-corrected chi connectivity index (χ1v) is 46.2. The van der Waals surface area contributed by atoms with Gasteiger partial charge in [0.05, 0.1) is 107 Å². The van der Waals surface area contributed by atoms with Crippen LogP contribution in [-0.2, 0) is 133 Å². The van der Waals surface area contributed by atoms with E-state index in [0.29, 0.717) is 108 Å². The molecule has 11 aromatic rings. The number of hydrogen-bond donors (Lipinski definition) is 1. The number of alkyl halides is 2. The first-order valence-electron chi connectivity index (χ1n) is 46.2. The Hall–Kier alpha value is -13.1. The van der Waals surface area contributed by atoms with Crippen LogP contribution in [0, 0.1) is 17.2 Å². The molecule has 4 amide bonds. The number of anilines is 8. The maximum Gasteiger partial charge on any atom is 0.387 e. The van der Waals surface area contributed by atoms with E-state index in [1.807, 2.05) is 86.9 Å². The Labute approximate surface area is 764 Å². The Morgan fingerprint density at radius 1 is 0.500 bits per heavy atom. The molecule has 1 N–H and O–H groups in total. The zero-order chi connectivity index (χ0) is 91.8. The van der Waals surface area contributed by atoms with Crippen LogP contribution in [0.1, 0.15) is 181 Å². The molecule has 690 valence electrons. The van der Waals surface area contributed by atoms with Crippen LogP contribution in [0.5, 0.6) is 5.75 Å². The summed E-state index contributed by atoms with van der Waals surface area (Å²) in [5, 5.41) is 52.3. The van der Waals surface area contributed by atoms with Crippen molar-refractivity contribution in [3.8, 4) is 45.2 Å². The summed E-state index contributed by atoms with van der Waals surface area (Å²) in [5.41, 5.74) is 24.3. The Bertz CT molecular complexity index is 6330. The molecular weight excluding hydrogens is 1690 g/mol. The Kier molecular flexibility index (Phi) is 24.5. The van der Waals surface area contributed by atoms with Crippen molar-refractivity contribution in [2.75, 3.05) is 112 Å². The van der Waals surface area contributed by atoms with Crippen molar-refractivity contribution >= 4 is 75.6 Å². The van der Waals surface area contributed by atoms with Crippen LogP contribution in [-0.4, -0.2) is 221 Å². The zero-order valence-corrected chi connectivity index (χ0v) is 76.6. The number of rotatable bonds is 14. The fourth-order valence-electron chi connectivity index (χ4n) is 21.1. The molecule has 0 aliphatic carbocycles. The van der Waals surface area contributed by atoms with Gasteiger partial charge in [-0.2, -0.15) is 49.7 Å². The summed E-state index contributed by atoms with van der Waals surface area (Å²) in [7, 11) is 7.55. The van der Waals surface area contributed by atoms with E-state index in [0.717, 1.165) is 212 Å². The number of hydrogen-bond acceptors (Lipinski definition) is 21. The molecule has 1 unspecified atom stereocenters. The van der Waals surface area contributed by atoms with E-state index in [4.69, 9.17) is 39.3 Å². The number of carboxylic acid groups (broad SMARTS) is 1. The van der Waals surface area contributed by atoms with Gasteiger partial charge in [-0.25, -0.2) is 4.79 Å². The molecule has 7 aromatic heterocycles. The molecule has 33 nitrogen and oxygen atoms in total. The normalized spacial score (nSPS) is 19.4. The second-order valence-electron chi connectivity index (χ2n) is 36.7. The van der Waals surface area contributed by atoms with Gasteiger partial charge in [0.15, 0.2) is 23.3 Å². The second kappa shape index (κ2) is 36.6. The van der Waals surface area contributed by atoms with Crippen LogP contribution < -0.4 is 24.3 Å². The lowest BCUT2D eigenvalue weighted by Gasteiger charge is -2.36. The van der Waals surface area contributed by atoms with E-state index in [9.17, 15) is 43.1 Å². The van der Waals surface area contributed by atoms with E-state index in [2.05, 4.69) is 99.3 Å². The van der Waals surface area contributed by atoms with Crippen LogP contribution in [0.15, 0.2) is 97.8 Å². The molecule has 0 saturated carbocycles. The summed E-state index contributed by atoms with van der Waals surface area (Å²) < 4.78 is 62.4. The SMILES string of the molecule is CC(=O)N1CCc2c(c(N3CC(C)Cc4cc(-c5cnn(C)c5)c(C#N)cc43)nn2C2COC2)C1.CC(=O)N1CCc2c(c(N3CCCc4cc(-c5cnn(C)c5)c(OC(F)F)cc43)nn2[C@H]2CCOC2)C1.CC(=O)N1CCc2c(c(N3CCc4ccc(C(=O)O)cc43)nn2C)C1.CC[C@H]1CCN(c2nn([C@H]3CCOC3)c3c2CN(C(C)=O)CC3)c2ccc(-c3cnn(C)c3)cc21. The summed E-state index contributed by atoms with van der Waals surface area (Å²) in [5.74, 6) is 3.97. The lowest BCUT2D eigenvalue weighted by Crippen LogP contribution is -2.37. The van der Waals surface area contributed by atoms with Crippen LogP contribution in [0.2, 0.25) is 0 Å². The molecule has 18 heterocycles. The first-order chi connectivity index (χ1) is 63.8. The highest BCUT2D eigenvalue weighted by Gasteiger charge is 2.42. The van der Waals surface area contributed by atoms with Gasteiger partial charge in [0.1, 0.15) is 5.75 Å². The van der Waals surface area contributed by atoms with Gasteiger partial charge in [-0.05, 0) is 133 Å². The third kappa shape index (κ3) is 17.0. The van der Waals surface area contributed by atoms with Gasteiger partial charge < -0.3 is 63.3 Å². The lowest BCUT2D eigenvalue weighted by atomic mass is 9.86. The zero-order valence-electron chi connectivity index (χ0n) is 76.6. The van der Waals surface area contributed by atoms with Crippen molar-refractivity contribution in [2.24, 2.45) is 34.1 Å². The molecule has 22 rings (SSSR count). The van der Waals surface area contributed by atoms with Gasteiger partial charge >= 0.3 is 12.6 Å². The average molecular weight is 1800 g/mol. The van der Waals surface area contributed by atoms with Crippen LogP contribution >= 0.6 is 0 Å². The second-order valence-corrected chi connectivity index (χ2v) is 36.7. The van der Waals surface area contributed by atoms with Gasteiger partial charge in [-0.1, -0.05) is 26.0 Å². The summed E-state index contributed by atoms with van der Waals surface area (Å²) in [6.07, 6.45) is 21.9. The fraction of sp³-hybridized carbons (Fsp3) is 0.474. The van der Waals surface area contributed by atoms with Gasteiger partial charge in [0, 0.05) is 267 Å². The Morgan fingerprint density at radius 3 is 1.50 bits per heavy atom. The number of carbonyl (C=O) groups is 5. The summed E-state index contributed by atoms with van der Waals surface area (Å²) in [6, 6.07) is 22.9. The minimum atomic E-state index is -2.95. The van der Waals surface area contributed by atoms with Crippen molar-refractivity contribution < 1.29 is 56.8 Å². The highest BCUT2D eigenvalue weighted by atomic mass is 19.3. The number of aromatic nitrogens is 14. The Morgan fingerprint density at radius 2 is 0.992 bits per heavy atom. The van der Waals surface area contributed by atoms with Gasteiger partial charge in [0.2, 0.25) is 23.6 Å². The van der Waals surface area contributed by atoms with E-state index < -0.39 is 12.6 Å². The summed E-state index contributed by atoms with van der Waals surface area (Å²) >= 11 is 0. The van der Waals surface area contributed by atoms with Crippen molar-refractivity contribution in [1.82, 2.24) is 88.1 Å². The van der Waals surface area contributed by atoms with Crippen LogP contribution in [0.25, 0.3) is 33.4 Å². The number of aromatic carboxylic acids is 1. The van der Waals surface area contributed by atoms with E-state index in [1.54, 1.807) is 74.7 Å². The summed E-state index contributed by atoms with van der Waals surface area (Å²) in [4.78, 5) is 76.3. The molecule has 11 aliphatic rings. The number of ether oxygens (including phenoxy) is 4. The standard InChI is InChI=1S/C27H34N6O2.C26H30F2N6O3.C26H29N7O2.C18H20N4O3/c1-4-19-7-11-32(25-6-5-20(13-23(19)25)21-14-28-30(3)15-21)27-24-16-31(18(2)34)10-8-26(24)33(29-27)22-9-12-35-17-22;1-16(35)32-8-5-22-21(14-32)25(30-34(22)19-6-9-36-15-19)33-7-3-4-17-10-20(18-12-29-31(2)13-18)24(11-23(17)33)37-26(27)28;1-16-6-18-7-22(20-10-28-30(3)12-20)19(9-27)8-25(18)32(11-16)26-23-13-31(17(2)34)5-4-24(23)33(29-26)21-14-35-15-21;1-11(23)21-7-6-15-14(10-21)17(19-20(15)2)22-8-5-12-3-4-13(18(24)25)9-16(12)22/h5-6,13-15,19,22H,4,7-12,16-17H2,1-3H3;10-13,19,26H,3-9,14-15H2,1-2H3;7-8,10,12,16,21H,4-6,11,13-15H2,1-3H3;3-4,9H,5-8,10H2,1-2H3,(H,24,25)/t19-,22-;19-;;/m00../s1. The third-order valence-electron chi connectivity index (χ3n) is 28.1. The molecular formula is C97H113F2N23O10. The van der Waals surface area contributed by atoms with Crippen molar-refractivity contribution in [1.29, 1.82) is 5.26 Å². The predicted octanol–water partition coefficient (Wildman–Crippen LogP) is 12.7. The maximum atomic E-state index is 13.5. The minimum absolute atomic E-state index is 0.0290. The van der Waals surface area contributed by atoms with E-state index in [-0.39, 0.29) is 53.1 Å². The minimum Gasteiger partial charge on any atom is -0.478 e. The molecule has 3 fully saturated rings. The van der Waals surface area contributed by atoms with Gasteiger partial charge in [0.25, 0.3) is 0 Å². The number of aryl methyl sites for hydroxylation is 5. The van der Waals surface area contributed by atoms with Crippen molar-refractivity contribution in [2.45, 2.75) is 175 Å². The van der Waals surface area contributed by atoms with E-state index in [1.165, 1.54) is 39.3 Å². The van der Waals surface area contributed by atoms with Crippen molar-refractivity contribution in [3.05, 3.63) is 176 Å². The number of nitriles is 1. The third-order valence-corrected chi connectivity index (χ3v) is 28.1. The molecule has 0 bridgehead atoms. The fourth-order valence-corrected chi connectivity index (χ4v) is 21.1. The number of fused-ring (bicyclic) bond motifs is 8. The first kappa shape index (κ1) is 88.2. The van der Waals surface area contributed by atoms with E-state index >= 15 is 0 Å². The largest absolute Gasteiger partial charge is 0.478 e. The average Bonchev–Trinajstić information content (AvgIpc) is 1.57. The Balaban J connectivity index is 0.000000115. The molecule has 11 aliphatic heterocycles. The smallest absolute Gasteiger partial charge is 0.387 e. The molecule has 0 radical (unpaired) electrons. The topological polar surface area (TPSA) is 317 Å². The number of benzene rings is 4. The number of nitrogens with zero attached hydrogens (tertiary/aromatic N) is 23. The number of amides is 4. The monoisotopic (exact) mass is 1800 g/mol.